The van der Waals surface area contributed by atoms with E-state index in [0.29, 0.717) is 23.1 Å². The van der Waals surface area contributed by atoms with Crippen LogP contribution in [-0.4, -0.2) is 45.7 Å². The summed E-state index contributed by atoms with van der Waals surface area (Å²) < 4.78 is 6.94. The molecule has 0 saturated carbocycles. The second-order valence-corrected chi connectivity index (χ2v) is 6.73. The van der Waals surface area contributed by atoms with E-state index in [2.05, 4.69) is 19.4 Å². The van der Waals surface area contributed by atoms with E-state index in [0.717, 1.165) is 31.4 Å². The largest absolute Gasteiger partial charge is 0.468 e. The number of nitrogens with zero attached hydrogens (tertiary/aromatic N) is 6. The fourth-order valence-electron chi connectivity index (χ4n) is 3.64. The number of anilines is 1. The van der Waals surface area contributed by atoms with E-state index in [4.69, 9.17) is 9.72 Å². The summed E-state index contributed by atoms with van der Waals surface area (Å²) in [5.41, 5.74) is 1.74. The van der Waals surface area contributed by atoms with Gasteiger partial charge in [-0.15, -0.1) is 0 Å². The lowest BCUT2D eigenvalue weighted by Gasteiger charge is -2.34. The van der Waals surface area contributed by atoms with Crippen LogP contribution in [0, 0.1) is 11.3 Å². The van der Waals surface area contributed by atoms with E-state index >= 15 is 0 Å². The summed E-state index contributed by atoms with van der Waals surface area (Å²) in [7, 11) is 1.28. The van der Waals surface area contributed by atoms with Crippen molar-refractivity contribution in [3.05, 3.63) is 48.7 Å². The first-order chi connectivity index (χ1) is 13.7. The summed E-state index contributed by atoms with van der Waals surface area (Å²) in [5, 5.41) is 9.60. The minimum absolute atomic E-state index is 0.356. The topological polar surface area (TPSA) is 96.9 Å². The summed E-state index contributed by atoms with van der Waals surface area (Å²) in [4.78, 5) is 27.8. The maximum atomic E-state index is 12.2. The molecule has 4 rings (SSSR count). The molecule has 0 spiro atoms. The standard InChI is InChI=1S/C20H20N6O2/c1-28-20(27)15(12-21)18-19(24-17-5-3-2-4-16(17)23-18)25-9-6-14(7-10-25)26-11-8-22-13-26/h2-5,8,11,13-15H,6-7,9-10H2,1H3/t15-/m0/s1. The van der Waals surface area contributed by atoms with Crippen molar-refractivity contribution in [1.29, 1.82) is 5.26 Å². The molecule has 8 heteroatoms. The van der Waals surface area contributed by atoms with Crippen LogP contribution in [0.1, 0.15) is 30.5 Å². The summed E-state index contributed by atoms with van der Waals surface area (Å²) in [6.07, 6.45) is 7.43. The van der Waals surface area contributed by atoms with Gasteiger partial charge < -0.3 is 14.2 Å². The number of benzene rings is 1. The smallest absolute Gasteiger partial charge is 0.329 e. The molecule has 1 aliphatic heterocycles. The highest BCUT2D eigenvalue weighted by Crippen LogP contribution is 2.31. The molecule has 0 aliphatic carbocycles. The Labute approximate surface area is 162 Å². The lowest BCUT2D eigenvalue weighted by molar-refractivity contribution is -0.141. The molecule has 0 bridgehead atoms. The lowest BCUT2D eigenvalue weighted by Crippen LogP contribution is -2.36. The monoisotopic (exact) mass is 376 g/mol. The molecular formula is C20H20N6O2. The predicted molar refractivity (Wildman–Crippen MR) is 103 cm³/mol. The molecule has 2 aromatic heterocycles. The highest BCUT2D eigenvalue weighted by molar-refractivity contribution is 5.85. The number of rotatable bonds is 4. The van der Waals surface area contributed by atoms with E-state index in [1.807, 2.05) is 42.9 Å². The van der Waals surface area contributed by atoms with Gasteiger partial charge in [-0.05, 0) is 25.0 Å². The van der Waals surface area contributed by atoms with Crippen molar-refractivity contribution in [2.75, 3.05) is 25.1 Å². The first-order valence-electron chi connectivity index (χ1n) is 9.17. The summed E-state index contributed by atoms with van der Waals surface area (Å²) in [6, 6.07) is 9.87. The zero-order chi connectivity index (χ0) is 19.5. The number of para-hydroxylation sites is 2. The Bertz CT molecular complexity index is 1020. The number of nitriles is 1. The zero-order valence-electron chi connectivity index (χ0n) is 15.5. The molecule has 28 heavy (non-hydrogen) atoms. The summed E-state index contributed by atoms with van der Waals surface area (Å²) in [6.45, 7) is 1.50. The first-order valence-corrected chi connectivity index (χ1v) is 9.17. The van der Waals surface area contributed by atoms with Crippen molar-refractivity contribution in [2.45, 2.75) is 24.8 Å². The Morgan fingerprint density at radius 2 is 1.96 bits per heavy atom. The fraction of sp³-hybridized carbons (Fsp3) is 0.350. The van der Waals surface area contributed by atoms with Crippen molar-refractivity contribution in [1.82, 2.24) is 19.5 Å². The average molecular weight is 376 g/mol. The molecule has 0 amide bonds. The molecule has 1 aromatic carbocycles. The molecule has 1 saturated heterocycles. The van der Waals surface area contributed by atoms with E-state index in [-0.39, 0.29) is 0 Å². The van der Waals surface area contributed by atoms with Crippen LogP contribution < -0.4 is 4.90 Å². The third-order valence-electron chi connectivity index (χ3n) is 5.13. The van der Waals surface area contributed by atoms with Gasteiger partial charge >= 0.3 is 5.97 Å². The second-order valence-electron chi connectivity index (χ2n) is 6.73. The zero-order valence-corrected chi connectivity index (χ0v) is 15.5. The van der Waals surface area contributed by atoms with Crippen molar-refractivity contribution >= 4 is 22.8 Å². The van der Waals surface area contributed by atoms with Crippen LogP contribution in [0.2, 0.25) is 0 Å². The van der Waals surface area contributed by atoms with E-state index < -0.39 is 11.9 Å². The highest BCUT2D eigenvalue weighted by Gasteiger charge is 2.31. The summed E-state index contributed by atoms with van der Waals surface area (Å²) >= 11 is 0. The van der Waals surface area contributed by atoms with Crippen molar-refractivity contribution in [3.8, 4) is 6.07 Å². The van der Waals surface area contributed by atoms with E-state index in [1.54, 1.807) is 6.20 Å². The fourth-order valence-corrected chi connectivity index (χ4v) is 3.64. The van der Waals surface area contributed by atoms with Gasteiger partial charge in [0.15, 0.2) is 11.7 Å². The third-order valence-corrected chi connectivity index (χ3v) is 5.13. The number of hydrogen-bond acceptors (Lipinski definition) is 7. The molecule has 3 heterocycles. The minimum Gasteiger partial charge on any atom is -0.468 e. The number of aromatic nitrogens is 4. The molecule has 0 unspecified atom stereocenters. The van der Waals surface area contributed by atoms with E-state index in [9.17, 15) is 10.1 Å². The second kappa shape index (κ2) is 7.64. The molecular weight excluding hydrogens is 356 g/mol. The molecule has 0 N–H and O–H groups in total. The van der Waals surface area contributed by atoms with Gasteiger partial charge in [0.25, 0.3) is 0 Å². The van der Waals surface area contributed by atoms with Gasteiger partial charge in [0.2, 0.25) is 0 Å². The Kier molecular flexibility index (Phi) is 4.89. The maximum Gasteiger partial charge on any atom is 0.329 e. The molecule has 8 nitrogen and oxygen atoms in total. The number of carbonyl (C=O) groups is 1. The Morgan fingerprint density at radius 1 is 1.25 bits per heavy atom. The van der Waals surface area contributed by atoms with Crippen molar-refractivity contribution < 1.29 is 9.53 Å². The minimum atomic E-state index is -1.11. The van der Waals surface area contributed by atoms with Crippen LogP contribution in [0.25, 0.3) is 11.0 Å². The SMILES string of the molecule is COC(=O)[C@@H](C#N)c1nc2ccccc2nc1N1CCC(n2ccnc2)CC1. The molecule has 0 radical (unpaired) electrons. The molecule has 1 atom stereocenters. The highest BCUT2D eigenvalue weighted by atomic mass is 16.5. The van der Waals surface area contributed by atoms with Gasteiger partial charge in [0.05, 0.1) is 30.5 Å². The maximum absolute atomic E-state index is 12.2. The van der Waals surface area contributed by atoms with Crippen LogP contribution >= 0.6 is 0 Å². The van der Waals surface area contributed by atoms with Gasteiger partial charge in [0, 0.05) is 31.5 Å². The van der Waals surface area contributed by atoms with Crippen molar-refractivity contribution in [3.63, 3.8) is 0 Å². The van der Waals surface area contributed by atoms with Gasteiger partial charge in [-0.2, -0.15) is 5.26 Å². The number of carbonyl (C=O) groups excluding carboxylic acids is 1. The van der Waals surface area contributed by atoms with Gasteiger partial charge in [-0.3, -0.25) is 4.79 Å². The van der Waals surface area contributed by atoms with Crippen LogP contribution in [0.4, 0.5) is 5.82 Å². The Hall–Kier alpha value is -3.47. The van der Waals surface area contributed by atoms with E-state index in [1.165, 1.54) is 7.11 Å². The normalized spacial score (nSPS) is 15.9. The molecule has 142 valence electrons. The first kappa shape index (κ1) is 17.9. The Balaban J connectivity index is 1.70. The van der Waals surface area contributed by atoms with Gasteiger partial charge in [-0.1, -0.05) is 12.1 Å². The molecule has 1 aliphatic rings. The number of hydrogen-bond donors (Lipinski definition) is 0. The number of ether oxygens (including phenoxy) is 1. The number of imidazole rings is 1. The van der Waals surface area contributed by atoms with Gasteiger partial charge in [0.1, 0.15) is 5.69 Å². The quantitative estimate of drug-likeness (QED) is 0.645. The number of methoxy groups -OCH3 is 1. The van der Waals surface area contributed by atoms with Gasteiger partial charge in [-0.25, -0.2) is 15.0 Å². The molecule has 1 fully saturated rings. The lowest BCUT2D eigenvalue weighted by atomic mass is 10.0. The average Bonchev–Trinajstić information content (AvgIpc) is 3.28. The predicted octanol–water partition coefficient (Wildman–Crippen LogP) is 2.45. The van der Waals surface area contributed by atoms with Crippen LogP contribution in [0.15, 0.2) is 43.0 Å². The number of esters is 1. The Morgan fingerprint density at radius 3 is 2.57 bits per heavy atom. The van der Waals surface area contributed by atoms with Crippen LogP contribution in [-0.2, 0) is 9.53 Å². The van der Waals surface area contributed by atoms with Crippen LogP contribution in [0.5, 0.6) is 0 Å². The molecule has 3 aromatic rings. The van der Waals surface area contributed by atoms with Crippen LogP contribution in [0.3, 0.4) is 0 Å². The summed E-state index contributed by atoms with van der Waals surface area (Å²) in [5.74, 6) is -1.15. The third kappa shape index (κ3) is 3.27. The number of piperidine rings is 1. The number of fused-ring (bicyclic) bond motifs is 1. The van der Waals surface area contributed by atoms with Crippen molar-refractivity contribution in [2.24, 2.45) is 0 Å².